The number of hydrogen-bond acceptors (Lipinski definition) is 5. The van der Waals surface area contributed by atoms with Crippen molar-refractivity contribution < 1.29 is 4.79 Å². The second-order valence-corrected chi connectivity index (χ2v) is 13.3. The lowest BCUT2D eigenvalue weighted by Gasteiger charge is -2.36. The van der Waals surface area contributed by atoms with Crippen LogP contribution in [-0.2, 0) is 24.2 Å². The number of aromatic nitrogens is 3. The number of halogens is 1. The Morgan fingerprint density at radius 2 is 1.58 bits per heavy atom. The van der Waals surface area contributed by atoms with E-state index in [0.29, 0.717) is 12.3 Å². The lowest BCUT2D eigenvalue weighted by molar-refractivity contribution is -0.123. The highest BCUT2D eigenvalue weighted by atomic mass is 35.5. The maximum atomic E-state index is 13.5. The van der Waals surface area contributed by atoms with Gasteiger partial charge in [-0.05, 0) is 67.3 Å². The molecule has 0 unspecified atom stereocenters. The molecule has 4 aromatic rings. The smallest absolute Gasteiger partial charge is 0.220 e. The number of rotatable bonds is 12. The molecule has 2 fully saturated rings. The maximum absolute atomic E-state index is 13.5. The van der Waals surface area contributed by atoms with Gasteiger partial charge in [0.05, 0.1) is 24.0 Å². The summed E-state index contributed by atoms with van der Waals surface area (Å²) < 4.78 is 2.01. The monoisotopic (exact) mass is 624 g/mol. The van der Waals surface area contributed by atoms with Gasteiger partial charge in [0.25, 0.3) is 0 Å². The lowest BCUT2D eigenvalue weighted by atomic mass is 9.93. The number of nitrogens with zero attached hydrogens (tertiary/aromatic N) is 5. The van der Waals surface area contributed by atoms with Crippen molar-refractivity contribution in [1.82, 2.24) is 25.2 Å². The van der Waals surface area contributed by atoms with E-state index in [9.17, 15) is 4.79 Å². The summed E-state index contributed by atoms with van der Waals surface area (Å²) >= 11 is 6.31. The zero-order valence-corrected chi connectivity index (χ0v) is 27.1. The molecular weight excluding hydrogens is 580 g/mol. The molecule has 1 saturated heterocycles. The van der Waals surface area contributed by atoms with Gasteiger partial charge in [0, 0.05) is 49.9 Å². The van der Waals surface area contributed by atoms with Crippen molar-refractivity contribution in [3.05, 3.63) is 112 Å². The van der Waals surface area contributed by atoms with Gasteiger partial charge in [0.1, 0.15) is 0 Å². The minimum Gasteiger partial charge on any atom is -0.369 e. The molecule has 0 radical (unpaired) electrons. The molecule has 1 aliphatic heterocycles. The summed E-state index contributed by atoms with van der Waals surface area (Å²) in [4.78, 5) is 18.3. The van der Waals surface area contributed by atoms with Crippen molar-refractivity contribution in [1.29, 1.82) is 0 Å². The fourth-order valence-electron chi connectivity index (χ4n) is 7.02. The molecule has 236 valence electrons. The number of hydrogen-bond donors (Lipinski definition) is 1. The Balaban J connectivity index is 1.19. The van der Waals surface area contributed by atoms with Crippen molar-refractivity contribution >= 4 is 23.2 Å². The topological polar surface area (TPSA) is 66.3 Å². The molecule has 1 amide bonds. The van der Waals surface area contributed by atoms with E-state index in [2.05, 4.69) is 94.0 Å². The van der Waals surface area contributed by atoms with Crippen LogP contribution >= 0.6 is 11.6 Å². The third-order valence-electron chi connectivity index (χ3n) is 9.51. The Morgan fingerprint density at radius 3 is 2.27 bits per heavy atom. The van der Waals surface area contributed by atoms with E-state index in [0.717, 1.165) is 69.1 Å². The summed E-state index contributed by atoms with van der Waals surface area (Å²) in [6.07, 6.45) is 8.97. The fraction of sp³-hybridized carbons (Fsp3) is 0.432. The van der Waals surface area contributed by atoms with Crippen LogP contribution in [0.3, 0.4) is 0 Å². The summed E-state index contributed by atoms with van der Waals surface area (Å²) in [5.74, 6) is 0.644. The number of amides is 1. The molecule has 1 aromatic heterocycles. The van der Waals surface area contributed by atoms with Crippen LogP contribution in [-0.4, -0.2) is 58.0 Å². The summed E-state index contributed by atoms with van der Waals surface area (Å²) in [6, 6.07) is 26.9. The van der Waals surface area contributed by atoms with Crippen LogP contribution in [0, 0.1) is 12.8 Å². The van der Waals surface area contributed by atoms with E-state index in [4.69, 9.17) is 16.8 Å². The van der Waals surface area contributed by atoms with Crippen LogP contribution in [0.2, 0.25) is 5.02 Å². The van der Waals surface area contributed by atoms with E-state index in [1.165, 1.54) is 35.2 Å². The van der Waals surface area contributed by atoms with Crippen molar-refractivity contribution in [2.45, 2.75) is 70.5 Å². The van der Waals surface area contributed by atoms with E-state index >= 15 is 0 Å². The lowest BCUT2D eigenvalue weighted by Crippen LogP contribution is -2.46. The molecule has 1 aliphatic carbocycles. The van der Waals surface area contributed by atoms with Gasteiger partial charge in [0.15, 0.2) is 0 Å². The quantitative estimate of drug-likeness (QED) is 0.191. The van der Waals surface area contributed by atoms with Crippen LogP contribution in [0.25, 0.3) is 0 Å². The third-order valence-corrected chi connectivity index (χ3v) is 9.75. The predicted octanol–water partition coefficient (Wildman–Crippen LogP) is 6.65. The molecule has 45 heavy (non-hydrogen) atoms. The standard InChI is InChI=1S/C37H45ClN6O/c1-28-16-17-32(38)25-35(28)43-20-18-42(19-21-43)26-33-27-44(41-40-33)36(23-30-12-6-3-7-13-30)34(22-29-10-4-2-5-11-29)39-37(45)24-31-14-8-9-15-31/h2-7,10-13,16-17,25,27,31,34,36H,8-9,14-15,18-24,26H2,1H3,(H,39,45)/t34-,36-/m0/s1. The predicted molar refractivity (Wildman–Crippen MR) is 182 cm³/mol. The van der Waals surface area contributed by atoms with Crippen LogP contribution in [0.4, 0.5) is 5.69 Å². The van der Waals surface area contributed by atoms with Crippen LogP contribution in [0.1, 0.15) is 60.5 Å². The van der Waals surface area contributed by atoms with Crippen molar-refractivity contribution in [3.63, 3.8) is 0 Å². The van der Waals surface area contributed by atoms with E-state index < -0.39 is 0 Å². The molecule has 2 atom stereocenters. The second-order valence-electron chi connectivity index (χ2n) is 12.9. The average Bonchev–Trinajstić information content (AvgIpc) is 3.75. The molecule has 1 N–H and O–H groups in total. The molecule has 1 saturated carbocycles. The highest BCUT2D eigenvalue weighted by Crippen LogP contribution is 2.29. The minimum absolute atomic E-state index is 0.0796. The molecule has 2 aliphatic rings. The molecule has 2 heterocycles. The SMILES string of the molecule is Cc1ccc(Cl)cc1N1CCN(Cc2cn([C@@H](Cc3ccccc3)[C@H](Cc3ccccc3)NC(=O)CC3CCCC3)nn2)CC1. The number of benzene rings is 3. The number of anilines is 1. The Hall–Kier alpha value is -3.68. The number of nitrogens with one attached hydrogen (secondary N) is 1. The van der Waals surface area contributed by atoms with Gasteiger partial charge < -0.3 is 10.2 Å². The van der Waals surface area contributed by atoms with Crippen LogP contribution < -0.4 is 10.2 Å². The molecule has 3 aromatic carbocycles. The largest absolute Gasteiger partial charge is 0.369 e. The zero-order chi connectivity index (χ0) is 31.0. The highest BCUT2D eigenvalue weighted by Gasteiger charge is 2.29. The summed E-state index contributed by atoms with van der Waals surface area (Å²) in [5, 5.41) is 13.6. The highest BCUT2D eigenvalue weighted by molar-refractivity contribution is 6.30. The zero-order valence-electron chi connectivity index (χ0n) is 26.3. The molecule has 7 nitrogen and oxygen atoms in total. The minimum atomic E-state index is -0.124. The maximum Gasteiger partial charge on any atom is 0.220 e. The molecule has 6 rings (SSSR count). The number of carbonyl (C=O) groups excluding carboxylic acids is 1. The first kappa shape index (κ1) is 31.3. The summed E-state index contributed by atoms with van der Waals surface area (Å²) in [6.45, 7) is 6.67. The average molecular weight is 625 g/mol. The van der Waals surface area contributed by atoms with Gasteiger partial charge in [0.2, 0.25) is 5.91 Å². The van der Waals surface area contributed by atoms with Gasteiger partial charge >= 0.3 is 0 Å². The Labute approximate surface area is 272 Å². The van der Waals surface area contributed by atoms with E-state index in [-0.39, 0.29) is 18.0 Å². The van der Waals surface area contributed by atoms with Gasteiger partial charge in [-0.15, -0.1) is 5.10 Å². The van der Waals surface area contributed by atoms with Crippen molar-refractivity contribution in [3.8, 4) is 0 Å². The molecule has 8 heteroatoms. The Kier molecular flexibility index (Phi) is 10.5. The number of piperazine rings is 1. The van der Waals surface area contributed by atoms with Gasteiger partial charge in [-0.25, -0.2) is 4.68 Å². The van der Waals surface area contributed by atoms with Crippen LogP contribution in [0.5, 0.6) is 0 Å². The van der Waals surface area contributed by atoms with Crippen molar-refractivity contribution in [2.75, 3.05) is 31.1 Å². The molecule has 0 bridgehead atoms. The van der Waals surface area contributed by atoms with Gasteiger partial charge in [-0.2, -0.15) is 0 Å². The Bertz CT molecular complexity index is 1510. The van der Waals surface area contributed by atoms with Gasteiger partial charge in [-0.3, -0.25) is 9.69 Å². The van der Waals surface area contributed by atoms with E-state index in [1.54, 1.807) is 0 Å². The third kappa shape index (κ3) is 8.53. The first-order chi connectivity index (χ1) is 22.0. The van der Waals surface area contributed by atoms with Crippen molar-refractivity contribution in [2.24, 2.45) is 5.92 Å². The number of carbonyl (C=O) groups is 1. The second kappa shape index (κ2) is 15.1. The normalized spacial score (nSPS) is 17.3. The van der Waals surface area contributed by atoms with Crippen LogP contribution in [0.15, 0.2) is 85.1 Å². The first-order valence-corrected chi connectivity index (χ1v) is 16.9. The fourth-order valence-corrected chi connectivity index (χ4v) is 7.18. The van der Waals surface area contributed by atoms with E-state index in [1.807, 2.05) is 22.9 Å². The summed E-state index contributed by atoms with van der Waals surface area (Å²) in [5.41, 5.74) is 5.85. The summed E-state index contributed by atoms with van der Waals surface area (Å²) in [7, 11) is 0. The number of aryl methyl sites for hydroxylation is 1. The molecule has 0 spiro atoms. The first-order valence-electron chi connectivity index (χ1n) is 16.5. The molecular formula is C37H45ClN6O. The Morgan fingerprint density at radius 1 is 0.911 bits per heavy atom. The van der Waals surface area contributed by atoms with Gasteiger partial charge in [-0.1, -0.05) is 96.4 Å².